The molecule has 3 aromatic rings. The van der Waals surface area contributed by atoms with E-state index in [1.54, 1.807) is 36.4 Å². The summed E-state index contributed by atoms with van der Waals surface area (Å²) in [5, 5.41) is 2.94. The average Bonchev–Trinajstić information content (AvgIpc) is 3.00. The second kappa shape index (κ2) is 15.3. The zero-order valence-corrected chi connectivity index (χ0v) is 25.8. The molecule has 0 fully saturated rings. The highest BCUT2D eigenvalue weighted by molar-refractivity contribution is 7.92. The van der Waals surface area contributed by atoms with Crippen molar-refractivity contribution >= 4 is 27.5 Å². The normalized spacial score (nSPS) is 11.8. The molecule has 1 atom stereocenters. The molecule has 9 nitrogen and oxygen atoms in total. The van der Waals surface area contributed by atoms with E-state index in [2.05, 4.69) is 5.32 Å². The first-order valence-electron chi connectivity index (χ1n) is 14.1. The Morgan fingerprint density at radius 1 is 0.905 bits per heavy atom. The quantitative estimate of drug-likeness (QED) is 0.250. The molecule has 0 aromatic heterocycles. The molecule has 2 amide bonds. The van der Waals surface area contributed by atoms with Crippen LogP contribution in [-0.2, 0) is 26.2 Å². The summed E-state index contributed by atoms with van der Waals surface area (Å²) in [6.07, 6.45) is 2.09. The van der Waals surface area contributed by atoms with Crippen molar-refractivity contribution in [2.24, 2.45) is 0 Å². The number of amides is 2. The highest BCUT2D eigenvalue weighted by Gasteiger charge is 2.34. The maximum atomic E-state index is 14.2. The van der Waals surface area contributed by atoms with Crippen LogP contribution < -0.4 is 19.1 Å². The van der Waals surface area contributed by atoms with Crippen LogP contribution in [0.2, 0.25) is 0 Å². The Hall–Kier alpha value is -4.05. The van der Waals surface area contributed by atoms with E-state index in [-0.39, 0.29) is 28.8 Å². The van der Waals surface area contributed by atoms with E-state index in [0.29, 0.717) is 18.7 Å². The third kappa shape index (κ3) is 7.82. The molecule has 0 heterocycles. The highest BCUT2D eigenvalue weighted by Crippen LogP contribution is 2.33. The van der Waals surface area contributed by atoms with E-state index in [9.17, 15) is 18.0 Å². The molecule has 0 saturated heterocycles. The van der Waals surface area contributed by atoms with Crippen molar-refractivity contribution in [3.8, 4) is 11.5 Å². The Labute approximate surface area is 249 Å². The summed E-state index contributed by atoms with van der Waals surface area (Å²) in [6.45, 7) is 5.92. The number of nitrogens with zero attached hydrogens (tertiary/aromatic N) is 2. The number of hydrogen-bond acceptors (Lipinski definition) is 6. The molecule has 0 radical (unpaired) electrons. The molecular formula is C32H41N3O6S. The predicted molar refractivity (Wildman–Crippen MR) is 164 cm³/mol. The predicted octanol–water partition coefficient (Wildman–Crippen LogP) is 4.93. The van der Waals surface area contributed by atoms with Crippen molar-refractivity contribution in [2.45, 2.75) is 57.5 Å². The second-order valence-electron chi connectivity index (χ2n) is 9.88. The maximum Gasteiger partial charge on any atom is 0.264 e. The highest BCUT2D eigenvalue weighted by atomic mass is 32.2. The van der Waals surface area contributed by atoms with Gasteiger partial charge in [-0.3, -0.25) is 13.9 Å². The number of unbranched alkanes of at least 4 members (excludes halogenated alkanes) is 1. The number of benzene rings is 3. The fourth-order valence-corrected chi connectivity index (χ4v) is 6.05. The van der Waals surface area contributed by atoms with Gasteiger partial charge in [-0.25, -0.2) is 8.42 Å². The fraction of sp³-hybridized carbons (Fsp3) is 0.375. The number of hydrogen-bond donors (Lipinski definition) is 1. The van der Waals surface area contributed by atoms with Crippen molar-refractivity contribution in [3.05, 3.63) is 83.9 Å². The molecule has 3 rings (SSSR count). The van der Waals surface area contributed by atoms with Gasteiger partial charge >= 0.3 is 0 Å². The summed E-state index contributed by atoms with van der Waals surface area (Å²) < 4.78 is 39.9. The van der Waals surface area contributed by atoms with Gasteiger partial charge in [-0.1, -0.05) is 56.7 Å². The minimum absolute atomic E-state index is 0.0168. The minimum Gasteiger partial charge on any atom is -0.497 e. The third-order valence-corrected chi connectivity index (χ3v) is 8.87. The zero-order chi connectivity index (χ0) is 30.7. The summed E-state index contributed by atoms with van der Waals surface area (Å²) in [5.41, 5.74) is 2.04. The number of nitrogens with one attached hydrogen (secondary N) is 1. The molecular weight excluding hydrogens is 554 g/mol. The lowest BCUT2D eigenvalue weighted by Crippen LogP contribution is -2.52. The first-order valence-corrected chi connectivity index (χ1v) is 15.5. The van der Waals surface area contributed by atoms with Gasteiger partial charge in [-0.05, 0) is 67.3 Å². The molecule has 0 aliphatic rings. The van der Waals surface area contributed by atoms with E-state index in [1.807, 2.05) is 45.0 Å². The molecule has 3 aromatic carbocycles. The Morgan fingerprint density at radius 3 is 2.19 bits per heavy atom. The summed E-state index contributed by atoms with van der Waals surface area (Å²) in [7, 11) is -1.31. The summed E-state index contributed by atoms with van der Waals surface area (Å²) in [5.74, 6) is 0.00353. The zero-order valence-electron chi connectivity index (χ0n) is 25.0. The van der Waals surface area contributed by atoms with Crippen LogP contribution >= 0.6 is 0 Å². The molecule has 0 unspecified atom stereocenters. The number of ether oxygens (including phenoxy) is 2. The molecule has 0 aliphatic heterocycles. The lowest BCUT2D eigenvalue weighted by Gasteiger charge is -2.33. The van der Waals surface area contributed by atoms with Gasteiger partial charge in [0.05, 0.1) is 24.8 Å². The van der Waals surface area contributed by atoms with Gasteiger partial charge in [0.15, 0.2) is 0 Å². The molecule has 42 heavy (non-hydrogen) atoms. The van der Waals surface area contributed by atoms with Crippen LogP contribution in [0.15, 0.2) is 77.7 Å². The van der Waals surface area contributed by atoms with E-state index in [0.717, 1.165) is 28.3 Å². The van der Waals surface area contributed by atoms with Crippen LogP contribution in [0, 0.1) is 6.92 Å². The smallest absolute Gasteiger partial charge is 0.264 e. The Morgan fingerprint density at radius 2 is 1.57 bits per heavy atom. The lowest BCUT2D eigenvalue weighted by molar-refractivity contribution is -0.140. The molecule has 0 spiro atoms. The van der Waals surface area contributed by atoms with Gasteiger partial charge < -0.3 is 19.7 Å². The minimum atomic E-state index is -4.24. The Balaban J connectivity index is 2.08. The van der Waals surface area contributed by atoms with Crippen molar-refractivity contribution in [2.75, 3.05) is 31.6 Å². The van der Waals surface area contributed by atoms with Gasteiger partial charge in [-0.2, -0.15) is 0 Å². The molecule has 1 N–H and O–H groups in total. The molecule has 0 aliphatic carbocycles. The van der Waals surface area contributed by atoms with Gasteiger partial charge in [0.25, 0.3) is 10.0 Å². The number of aryl methyl sites for hydroxylation is 1. The Bertz CT molecular complexity index is 1440. The van der Waals surface area contributed by atoms with Gasteiger partial charge in [0.1, 0.15) is 24.1 Å². The van der Waals surface area contributed by atoms with Crippen LogP contribution in [0.1, 0.15) is 44.2 Å². The van der Waals surface area contributed by atoms with Crippen molar-refractivity contribution in [1.82, 2.24) is 10.2 Å². The summed E-state index contributed by atoms with van der Waals surface area (Å²) in [6, 6.07) is 19.4. The SMILES string of the molecule is CCCCNC(=O)[C@H](CC)N(Cc1ccccc1C)C(=O)CN(c1ccccc1OC)S(=O)(=O)c1ccc(OC)cc1. The van der Waals surface area contributed by atoms with Crippen LogP contribution in [0.5, 0.6) is 11.5 Å². The first kappa shape index (κ1) is 32.5. The number of methoxy groups -OCH3 is 2. The number of rotatable bonds is 15. The van der Waals surface area contributed by atoms with Crippen LogP contribution in [0.25, 0.3) is 0 Å². The van der Waals surface area contributed by atoms with E-state index < -0.39 is 28.5 Å². The molecule has 226 valence electrons. The topological polar surface area (TPSA) is 105 Å². The fourth-order valence-electron chi connectivity index (χ4n) is 4.62. The second-order valence-corrected chi connectivity index (χ2v) is 11.7. The largest absolute Gasteiger partial charge is 0.497 e. The van der Waals surface area contributed by atoms with Crippen molar-refractivity contribution < 1.29 is 27.5 Å². The number of anilines is 1. The molecule has 0 bridgehead atoms. The van der Waals surface area contributed by atoms with E-state index >= 15 is 0 Å². The van der Waals surface area contributed by atoms with Gasteiger partial charge in [-0.15, -0.1) is 0 Å². The number of sulfonamides is 1. The molecule has 0 saturated carbocycles. The number of carbonyl (C=O) groups is 2. The van der Waals surface area contributed by atoms with Crippen molar-refractivity contribution in [3.63, 3.8) is 0 Å². The van der Waals surface area contributed by atoms with E-state index in [1.165, 1.54) is 31.3 Å². The Kier molecular flexibility index (Phi) is 11.8. The lowest BCUT2D eigenvalue weighted by atomic mass is 10.1. The van der Waals surface area contributed by atoms with E-state index in [4.69, 9.17) is 9.47 Å². The average molecular weight is 596 g/mol. The van der Waals surface area contributed by atoms with Crippen molar-refractivity contribution in [1.29, 1.82) is 0 Å². The van der Waals surface area contributed by atoms with Crippen LogP contribution in [-0.4, -0.2) is 58.5 Å². The maximum absolute atomic E-state index is 14.2. The van der Waals surface area contributed by atoms with Crippen LogP contribution in [0.3, 0.4) is 0 Å². The summed E-state index contributed by atoms with van der Waals surface area (Å²) >= 11 is 0. The van der Waals surface area contributed by atoms with Crippen LogP contribution in [0.4, 0.5) is 5.69 Å². The third-order valence-electron chi connectivity index (χ3n) is 7.10. The first-order chi connectivity index (χ1) is 20.2. The number of para-hydroxylation sites is 2. The number of carbonyl (C=O) groups excluding carboxylic acids is 2. The monoisotopic (exact) mass is 595 g/mol. The summed E-state index contributed by atoms with van der Waals surface area (Å²) in [4.78, 5) is 29.0. The van der Waals surface area contributed by atoms with Gasteiger partial charge in [0, 0.05) is 13.1 Å². The van der Waals surface area contributed by atoms with Gasteiger partial charge in [0.2, 0.25) is 11.8 Å². The standard InChI is InChI=1S/C32H41N3O6S/c1-6-8-21-33-32(37)28(7-2)34(22-25-14-10-9-13-24(25)3)31(36)23-35(29-15-11-12-16-30(29)41-5)42(38,39)27-19-17-26(40-4)18-20-27/h9-20,28H,6-8,21-23H2,1-5H3,(H,33,37)/t28-/m0/s1. The molecule has 10 heteroatoms.